The number of carbonyl (C=O) groups excluding carboxylic acids is 1. The largest absolute Gasteiger partial charge is 0.497 e. The second-order valence-electron chi connectivity index (χ2n) is 4.84. The molecule has 0 aliphatic carbocycles. The second kappa shape index (κ2) is 7.44. The summed E-state index contributed by atoms with van der Waals surface area (Å²) in [7, 11) is 3.36. The second-order valence-corrected chi connectivity index (χ2v) is 4.84. The highest BCUT2D eigenvalue weighted by Gasteiger charge is 2.19. The molecule has 0 fully saturated rings. The van der Waals surface area contributed by atoms with E-state index in [0.717, 1.165) is 11.5 Å². The molecule has 0 spiro atoms. The number of rotatable bonds is 7. The van der Waals surface area contributed by atoms with Crippen LogP contribution in [0.15, 0.2) is 36.9 Å². The van der Waals surface area contributed by atoms with E-state index in [2.05, 4.69) is 10.1 Å². The molecule has 0 saturated carbocycles. The molecule has 1 aromatic heterocycles. The number of ether oxygens (including phenoxy) is 2. The first kappa shape index (κ1) is 15.8. The van der Waals surface area contributed by atoms with Crippen molar-refractivity contribution in [3.05, 3.63) is 36.9 Å². The van der Waals surface area contributed by atoms with Crippen LogP contribution in [-0.2, 0) is 4.79 Å². The first-order chi connectivity index (χ1) is 10.6. The molecule has 118 valence electrons. The predicted octanol–water partition coefficient (Wildman–Crippen LogP) is 1.39. The Morgan fingerprint density at radius 1 is 1.32 bits per heavy atom. The number of nitrogens with zero attached hydrogens (tertiary/aromatic N) is 4. The zero-order valence-electron chi connectivity index (χ0n) is 13.0. The van der Waals surface area contributed by atoms with E-state index in [9.17, 15) is 4.79 Å². The van der Waals surface area contributed by atoms with Crippen LogP contribution >= 0.6 is 0 Å². The van der Waals surface area contributed by atoms with Gasteiger partial charge in [-0.1, -0.05) is 0 Å². The molecule has 7 heteroatoms. The zero-order chi connectivity index (χ0) is 15.9. The number of hydrogen-bond acceptors (Lipinski definition) is 5. The van der Waals surface area contributed by atoms with Gasteiger partial charge in [-0.15, -0.1) is 0 Å². The lowest BCUT2D eigenvalue weighted by Gasteiger charge is -2.21. The molecule has 0 N–H and O–H groups in total. The molecule has 2 aromatic rings. The zero-order valence-corrected chi connectivity index (χ0v) is 13.0. The molecule has 0 saturated heterocycles. The van der Waals surface area contributed by atoms with E-state index < -0.39 is 0 Å². The smallest absolute Gasteiger partial charge is 0.247 e. The van der Waals surface area contributed by atoms with E-state index in [1.54, 1.807) is 26.0 Å². The van der Waals surface area contributed by atoms with Crippen molar-refractivity contribution in [1.82, 2.24) is 19.7 Å². The van der Waals surface area contributed by atoms with E-state index in [0.29, 0.717) is 13.2 Å². The van der Waals surface area contributed by atoms with Crippen LogP contribution in [-0.4, -0.2) is 52.9 Å². The Morgan fingerprint density at radius 2 is 2.00 bits per heavy atom. The summed E-state index contributed by atoms with van der Waals surface area (Å²) in [6, 6.07) is 6.94. The third-order valence-corrected chi connectivity index (χ3v) is 3.32. The highest BCUT2D eigenvalue weighted by molar-refractivity contribution is 5.79. The minimum absolute atomic E-state index is 0.0381. The topological polar surface area (TPSA) is 69.5 Å². The SMILES string of the molecule is COc1ccc(OCCN(C)C(=O)C(C)n2cncn2)cc1. The number of likely N-dealkylation sites (N-methyl/N-ethyl adjacent to an activating group) is 1. The van der Waals surface area contributed by atoms with Crippen molar-refractivity contribution in [2.24, 2.45) is 0 Å². The van der Waals surface area contributed by atoms with Gasteiger partial charge in [-0.25, -0.2) is 9.67 Å². The van der Waals surface area contributed by atoms with Crippen molar-refractivity contribution in [3.63, 3.8) is 0 Å². The average molecular weight is 304 g/mol. The fraction of sp³-hybridized carbons (Fsp3) is 0.400. The van der Waals surface area contributed by atoms with Crippen molar-refractivity contribution in [3.8, 4) is 11.5 Å². The fourth-order valence-electron chi connectivity index (χ4n) is 1.93. The summed E-state index contributed by atoms with van der Waals surface area (Å²) < 4.78 is 12.2. The van der Waals surface area contributed by atoms with Crippen LogP contribution in [0.25, 0.3) is 0 Å². The Morgan fingerprint density at radius 3 is 2.59 bits per heavy atom. The van der Waals surface area contributed by atoms with Crippen molar-refractivity contribution in [2.45, 2.75) is 13.0 Å². The van der Waals surface area contributed by atoms with E-state index in [1.807, 2.05) is 24.3 Å². The van der Waals surface area contributed by atoms with Crippen LogP contribution in [0.2, 0.25) is 0 Å². The van der Waals surface area contributed by atoms with Crippen LogP contribution in [0.5, 0.6) is 11.5 Å². The summed E-state index contributed by atoms with van der Waals surface area (Å²) >= 11 is 0. The number of benzene rings is 1. The summed E-state index contributed by atoms with van der Waals surface area (Å²) in [5.74, 6) is 1.48. The maximum Gasteiger partial charge on any atom is 0.247 e. The first-order valence-corrected chi connectivity index (χ1v) is 6.97. The average Bonchev–Trinajstić information content (AvgIpc) is 3.08. The molecule has 0 aliphatic rings. The quantitative estimate of drug-likeness (QED) is 0.773. The Kier molecular flexibility index (Phi) is 5.35. The van der Waals surface area contributed by atoms with Gasteiger partial charge in [0.15, 0.2) is 0 Å². The van der Waals surface area contributed by atoms with Gasteiger partial charge in [-0.2, -0.15) is 5.10 Å². The van der Waals surface area contributed by atoms with Crippen molar-refractivity contribution >= 4 is 5.91 Å². The monoisotopic (exact) mass is 304 g/mol. The minimum Gasteiger partial charge on any atom is -0.497 e. The maximum absolute atomic E-state index is 12.2. The summed E-state index contributed by atoms with van der Waals surface area (Å²) in [6.45, 7) is 2.69. The third kappa shape index (κ3) is 3.97. The summed E-state index contributed by atoms with van der Waals surface area (Å²) in [5, 5.41) is 3.98. The lowest BCUT2D eigenvalue weighted by molar-refractivity contribution is -0.133. The van der Waals surface area contributed by atoms with Crippen LogP contribution in [0.1, 0.15) is 13.0 Å². The van der Waals surface area contributed by atoms with Gasteiger partial charge in [0.1, 0.15) is 36.8 Å². The maximum atomic E-state index is 12.2. The molecule has 7 nitrogen and oxygen atoms in total. The van der Waals surface area contributed by atoms with Gasteiger partial charge in [-0.3, -0.25) is 4.79 Å². The van der Waals surface area contributed by atoms with Gasteiger partial charge >= 0.3 is 0 Å². The Bertz CT molecular complexity index is 583. The third-order valence-electron chi connectivity index (χ3n) is 3.32. The highest BCUT2D eigenvalue weighted by atomic mass is 16.5. The van der Waals surface area contributed by atoms with Gasteiger partial charge in [-0.05, 0) is 31.2 Å². The number of carbonyl (C=O) groups is 1. The predicted molar refractivity (Wildman–Crippen MR) is 80.9 cm³/mol. The van der Waals surface area contributed by atoms with Crippen LogP contribution in [0.3, 0.4) is 0 Å². The molecule has 2 rings (SSSR count). The molecule has 0 bridgehead atoms. The normalized spacial score (nSPS) is 11.8. The summed E-state index contributed by atoms with van der Waals surface area (Å²) in [5.41, 5.74) is 0. The summed E-state index contributed by atoms with van der Waals surface area (Å²) in [6.07, 6.45) is 2.95. The molecule has 1 atom stereocenters. The minimum atomic E-state index is -0.381. The Labute approximate surface area is 129 Å². The van der Waals surface area contributed by atoms with E-state index >= 15 is 0 Å². The summed E-state index contributed by atoms with van der Waals surface area (Å²) in [4.78, 5) is 17.7. The van der Waals surface area contributed by atoms with Gasteiger partial charge < -0.3 is 14.4 Å². The molecule has 1 heterocycles. The first-order valence-electron chi connectivity index (χ1n) is 6.97. The van der Waals surface area contributed by atoms with Crippen LogP contribution < -0.4 is 9.47 Å². The molecular formula is C15H20N4O3. The number of methoxy groups -OCH3 is 1. The molecule has 22 heavy (non-hydrogen) atoms. The van der Waals surface area contributed by atoms with Crippen LogP contribution in [0, 0.1) is 0 Å². The van der Waals surface area contributed by atoms with E-state index in [4.69, 9.17) is 9.47 Å². The van der Waals surface area contributed by atoms with Crippen LogP contribution in [0.4, 0.5) is 0 Å². The number of hydrogen-bond donors (Lipinski definition) is 0. The molecule has 1 amide bonds. The number of aromatic nitrogens is 3. The molecular weight excluding hydrogens is 284 g/mol. The lowest BCUT2D eigenvalue weighted by Crippen LogP contribution is -2.36. The van der Waals surface area contributed by atoms with Crippen molar-refractivity contribution < 1.29 is 14.3 Å². The number of amides is 1. The molecule has 0 radical (unpaired) electrons. The van der Waals surface area contributed by atoms with Gasteiger partial charge in [0, 0.05) is 7.05 Å². The Balaban J connectivity index is 1.79. The van der Waals surface area contributed by atoms with Crippen molar-refractivity contribution in [1.29, 1.82) is 0 Å². The fourth-order valence-corrected chi connectivity index (χ4v) is 1.93. The molecule has 1 aromatic carbocycles. The van der Waals surface area contributed by atoms with Crippen molar-refractivity contribution in [2.75, 3.05) is 27.3 Å². The van der Waals surface area contributed by atoms with E-state index in [-0.39, 0.29) is 11.9 Å². The lowest BCUT2D eigenvalue weighted by atomic mass is 10.3. The Hall–Kier alpha value is -2.57. The molecule has 1 unspecified atom stereocenters. The van der Waals surface area contributed by atoms with E-state index in [1.165, 1.54) is 17.3 Å². The molecule has 0 aliphatic heterocycles. The van der Waals surface area contributed by atoms with Gasteiger partial charge in [0.2, 0.25) is 5.91 Å². The standard InChI is InChI=1S/C15H20N4O3/c1-12(19-11-16-10-17-19)15(20)18(2)8-9-22-14-6-4-13(21-3)5-7-14/h4-7,10-12H,8-9H2,1-3H3. The van der Waals surface area contributed by atoms with Gasteiger partial charge in [0.25, 0.3) is 0 Å². The van der Waals surface area contributed by atoms with Gasteiger partial charge in [0.05, 0.1) is 13.7 Å². The highest BCUT2D eigenvalue weighted by Crippen LogP contribution is 2.17.